The number of nitrogens with zero attached hydrogens (tertiary/aromatic N) is 1. The van der Waals surface area contributed by atoms with Crippen LogP contribution in [0.4, 0.5) is 5.69 Å². The van der Waals surface area contributed by atoms with Gasteiger partial charge in [0.1, 0.15) is 0 Å². The minimum atomic E-state index is 0.659. The maximum Gasteiger partial charge on any atom is 0.0679 e. The first kappa shape index (κ1) is 13.4. The van der Waals surface area contributed by atoms with E-state index in [9.17, 15) is 0 Å². The molecular weight excluding hydrogens is 222 g/mol. The molecule has 18 heavy (non-hydrogen) atoms. The zero-order valence-electron chi connectivity index (χ0n) is 11.6. The molecule has 1 unspecified atom stereocenters. The van der Waals surface area contributed by atoms with Crippen molar-refractivity contribution in [3.8, 4) is 0 Å². The zero-order chi connectivity index (χ0) is 12.8. The minimum absolute atomic E-state index is 0.659. The molecule has 0 aromatic heterocycles. The van der Waals surface area contributed by atoms with E-state index in [2.05, 4.69) is 53.6 Å². The summed E-state index contributed by atoms with van der Waals surface area (Å²) in [7, 11) is 0. The monoisotopic (exact) mass is 247 g/mol. The molecule has 3 nitrogen and oxygen atoms in total. The quantitative estimate of drug-likeness (QED) is 0.837. The third-order valence-electron chi connectivity index (χ3n) is 3.81. The molecule has 3 heteroatoms. The van der Waals surface area contributed by atoms with E-state index in [0.717, 1.165) is 32.8 Å². The van der Waals surface area contributed by atoms with Gasteiger partial charge < -0.3 is 10.6 Å². The van der Waals surface area contributed by atoms with Crippen molar-refractivity contribution in [1.82, 2.24) is 10.2 Å². The average Bonchev–Trinajstić information content (AvgIpc) is 2.46. The Balaban J connectivity index is 1.82. The SMILES string of the molecule is CCC(C)c1ccc(NCN2CCNCC2)cc1. The number of hydrogen-bond acceptors (Lipinski definition) is 3. The molecule has 0 saturated carbocycles. The summed E-state index contributed by atoms with van der Waals surface area (Å²) in [6.07, 6.45) is 1.20. The lowest BCUT2D eigenvalue weighted by molar-refractivity contribution is 0.256. The Labute approximate surface area is 111 Å². The Kier molecular flexibility index (Phi) is 5.02. The molecule has 1 heterocycles. The van der Waals surface area contributed by atoms with Crippen LogP contribution in [-0.2, 0) is 0 Å². The van der Waals surface area contributed by atoms with E-state index < -0.39 is 0 Å². The third kappa shape index (κ3) is 3.72. The van der Waals surface area contributed by atoms with Crippen molar-refractivity contribution in [3.63, 3.8) is 0 Å². The lowest BCUT2D eigenvalue weighted by atomic mass is 9.99. The van der Waals surface area contributed by atoms with E-state index >= 15 is 0 Å². The Bertz CT molecular complexity index is 341. The predicted octanol–water partition coefficient (Wildman–Crippen LogP) is 2.47. The summed E-state index contributed by atoms with van der Waals surface area (Å²) < 4.78 is 0. The second kappa shape index (κ2) is 6.76. The van der Waals surface area contributed by atoms with Gasteiger partial charge in [-0.3, -0.25) is 4.90 Å². The summed E-state index contributed by atoms with van der Waals surface area (Å²) in [5.41, 5.74) is 2.66. The number of nitrogens with one attached hydrogen (secondary N) is 2. The smallest absolute Gasteiger partial charge is 0.0679 e. The third-order valence-corrected chi connectivity index (χ3v) is 3.81. The van der Waals surface area contributed by atoms with Gasteiger partial charge in [0, 0.05) is 31.9 Å². The largest absolute Gasteiger partial charge is 0.372 e. The molecule has 1 aromatic rings. The molecule has 2 N–H and O–H groups in total. The van der Waals surface area contributed by atoms with Crippen molar-refractivity contribution in [2.75, 3.05) is 38.2 Å². The molecule has 0 aliphatic carbocycles. The van der Waals surface area contributed by atoms with Gasteiger partial charge in [-0.05, 0) is 30.0 Å². The number of anilines is 1. The Morgan fingerprint density at radius 3 is 2.50 bits per heavy atom. The molecular formula is C15H25N3. The van der Waals surface area contributed by atoms with Crippen LogP contribution < -0.4 is 10.6 Å². The van der Waals surface area contributed by atoms with E-state index in [1.807, 2.05) is 0 Å². The molecule has 0 amide bonds. The van der Waals surface area contributed by atoms with Gasteiger partial charge >= 0.3 is 0 Å². The topological polar surface area (TPSA) is 27.3 Å². The molecule has 1 aromatic carbocycles. The number of benzene rings is 1. The van der Waals surface area contributed by atoms with Crippen LogP contribution in [0.3, 0.4) is 0 Å². The Morgan fingerprint density at radius 1 is 1.22 bits per heavy atom. The van der Waals surface area contributed by atoms with Crippen LogP contribution in [0, 0.1) is 0 Å². The highest BCUT2D eigenvalue weighted by Crippen LogP contribution is 2.20. The number of rotatable bonds is 5. The van der Waals surface area contributed by atoms with E-state index in [1.165, 1.54) is 17.7 Å². The highest BCUT2D eigenvalue weighted by atomic mass is 15.3. The summed E-state index contributed by atoms with van der Waals surface area (Å²) >= 11 is 0. The molecule has 0 radical (unpaired) electrons. The highest BCUT2D eigenvalue weighted by Gasteiger charge is 2.08. The molecule has 1 aliphatic heterocycles. The van der Waals surface area contributed by atoms with Gasteiger partial charge in [-0.1, -0.05) is 26.0 Å². The maximum atomic E-state index is 3.50. The second-order valence-electron chi connectivity index (χ2n) is 5.13. The van der Waals surface area contributed by atoms with Crippen LogP contribution in [-0.4, -0.2) is 37.7 Å². The number of hydrogen-bond donors (Lipinski definition) is 2. The summed E-state index contributed by atoms with van der Waals surface area (Å²) in [5, 5.41) is 6.87. The van der Waals surface area contributed by atoms with Crippen LogP contribution in [0.15, 0.2) is 24.3 Å². The fourth-order valence-corrected chi connectivity index (χ4v) is 2.24. The molecule has 1 saturated heterocycles. The fraction of sp³-hybridized carbons (Fsp3) is 0.600. The Hall–Kier alpha value is -1.06. The van der Waals surface area contributed by atoms with Crippen LogP contribution in [0.5, 0.6) is 0 Å². The van der Waals surface area contributed by atoms with Gasteiger partial charge in [-0.25, -0.2) is 0 Å². The van der Waals surface area contributed by atoms with Gasteiger partial charge in [-0.2, -0.15) is 0 Å². The van der Waals surface area contributed by atoms with Crippen molar-refractivity contribution in [2.45, 2.75) is 26.2 Å². The fourth-order valence-electron chi connectivity index (χ4n) is 2.24. The van der Waals surface area contributed by atoms with E-state index in [0.29, 0.717) is 5.92 Å². The van der Waals surface area contributed by atoms with Crippen molar-refractivity contribution >= 4 is 5.69 Å². The zero-order valence-corrected chi connectivity index (χ0v) is 11.6. The van der Waals surface area contributed by atoms with E-state index in [-0.39, 0.29) is 0 Å². The van der Waals surface area contributed by atoms with E-state index in [1.54, 1.807) is 0 Å². The first-order valence-electron chi connectivity index (χ1n) is 7.06. The summed E-state index contributed by atoms with van der Waals surface area (Å²) in [4.78, 5) is 2.44. The van der Waals surface area contributed by atoms with Crippen molar-refractivity contribution in [1.29, 1.82) is 0 Å². The van der Waals surface area contributed by atoms with Crippen molar-refractivity contribution in [3.05, 3.63) is 29.8 Å². The molecule has 1 aliphatic rings. The van der Waals surface area contributed by atoms with Gasteiger partial charge in [-0.15, -0.1) is 0 Å². The average molecular weight is 247 g/mol. The van der Waals surface area contributed by atoms with Gasteiger partial charge in [0.2, 0.25) is 0 Å². The van der Waals surface area contributed by atoms with Crippen LogP contribution in [0.1, 0.15) is 31.7 Å². The van der Waals surface area contributed by atoms with Crippen LogP contribution >= 0.6 is 0 Å². The summed E-state index contributed by atoms with van der Waals surface area (Å²) in [6, 6.07) is 8.88. The molecule has 100 valence electrons. The minimum Gasteiger partial charge on any atom is -0.372 e. The van der Waals surface area contributed by atoms with Crippen LogP contribution in [0.2, 0.25) is 0 Å². The molecule has 2 rings (SSSR count). The lowest BCUT2D eigenvalue weighted by Gasteiger charge is -2.27. The second-order valence-corrected chi connectivity index (χ2v) is 5.13. The van der Waals surface area contributed by atoms with Crippen molar-refractivity contribution in [2.24, 2.45) is 0 Å². The van der Waals surface area contributed by atoms with Gasteiger partial charge in [0.15, 0.2) is 0 Å². The lowest BCUT2D eigenvalue weighted by Crippen LogP contribution is -2.45. The van der Waals surface area contributed by atoms with Gasteiger partial charge in [0.05, 0.1) is 6.67 Å². The molecule has 1 fully saturated rings. The summed E-state index contributed by atoms with van der Waals surface area (Å²) in [5.74, 6) is 0.659. The van der Waals surface area contributed by atoms with Gasteiger partial charge in [0.25, 0.3) is 0 Å². The summed E-state index contributed by atoms with van der Waals surface area (Å²) in [6.45, 7) is 9.95. The highest BCUT2D eigenvalue weighted by molar-refractivity contribution is 5.45. The Morgan fingerprint density at radius 2 is 1.89 bits per heavy atom. The molecule has 1 atom stereocenters. The standard InChI is InChI=1S/C15H25N3/c1-3-13(2)14-4-6-15(7-5-14)17-12-18-10-8-16-9-11-18/h4-7,13,16-17H,3,8-12H2,1-2H3. The van der Waals surface area contributed by atoms with E-state index in [4.69, 9.17) is 0 Å². The first-order valence-corrected chi connectivity index (χ1v) is 7.06. The van der Waals surface area contributed by atoms with Crippen molar-refractivity contribution < 1.29 is 0 Å². The first-order chi connectivity index (χ1) is 8.79. The number of piperazine rings is 1. The molecule has 0 spiro atoms. The molecule has 0 bridgehead atoms. The van der Waals surface area contributed by atoms with Crippen LogP contribution in [0.25, 0.3) is 0 Å². The maximum absolute atomic E-state index is 3.50. The normalized spacial score (nSPS) is 18.6. The predicted molar refractivity (Wildman–Crippen MR) is 78.1 cm³/mol.